The van der Waals surface area contributed by atoms with Gasteiger partial charge in [-0.25, -0.2) is 4.98 Å². The van der Waals surface area contributed by atoms with Gasteiger partial charge in [0.1, 0.15) is 18.3 Å². The zero-order chi connectivity index (χ0) is 25.4. The Labute approximate surface area is 220 Å². The standard InChI is InChI=1S/C27H32ClN5O4/c1-26(2)36-20-18(13-34)35-24(21(20)37-26)33-15-29-19-22(30-25(28)31-23(19)33)32-14-27(11-7-3-4-8-12-27)16-9-5-6-10-17(16)32/h5-6,9-10,15,18,20-21,24,34H,3-4,7-8,11-14H2,1-2H3/t18-,20?,21?,24-/m1/s1. The Morgan fingerprint density at radius 3 is 2.59 bits per heavy atom. The smallest absolute Gasteiger partial charge is 0.226 e. The van der Waals surface area contributed by atoms with Crippen molar-refractivity contribution in [1.29, 1.82) is 0 Å². The fraction of sp³-hybridized carbons (Fsp3) is 0.593. The number of fused-ring (bicyclic) bond motifs is 4. The van der Waals surface area contributed by atoms with Crippen LogP contribution in [-0.4, -0.2) is 61.9 Å². The van der Waals surface area contributed by atoms with Crippen molar-refractivity contribution in [3.05, 3.63) is 41.4 Å². The summed E-state index contributed by atoms with van der Waals surface area (Å²) in [7, 11) is 0. The van der Waals surface area contributed by atoms with E-state index in [1.807, 2.05) is 18.4 Å². The number of nitrogens with zero attached hydrogens (tertiary/aromatic N) is 5. The molecular weight excluding hydrogens is 494 g/mol. The quantitative estimate of drug-likeness (QED) is 0.494. The molecule has 3 aromatic rings. The van der Waals surface area contributed by atoms with Crippen molar-refractivity contribution in [3.63, 3.8) is 0 Å². The summed E-state index contributed by atoms with van der Waals surface area (Å²) in [6.45, 7) is 4.42. The zero-order valence-electron chi connectivity index (χ0n) is 21.1. The molecule has 1 spiro atoms. The molecule has 10 heteroatoms. The molecule has 5 heterocycles. The first kappa shape index (κ1) is 23.8. The van der Waals surface area contributed by atoms with Crippen LogP contribution in [0.3, 0.4) is 0 Å². The Balaban J connectivity index is 1.32. The van der Waals surface area contributed by atoms with Crippen LogP contribution in [-0.2, 0) is 19.6 Å². The molecule has 1 saturated carbocycles. The SMILES string of the molecule is CC1(C)OC2C(O1)[C@@H](CO)O[C@H]2n1cnc2c(N3CC4(CCCCCC4)c4ccccc43)nc(Cl)nc21. The molecule has 4 atom stereocenters. The molecule has 7 rings (SSSR count). The van der Waals surface area contributed by atoms with Crippen LogP contribution in [0.4, 0.5) is 11.5 Å². The molecule has 9 nitrogen and oxygen atoms in total. The number of hydrogen-bond donors (Lipinski definition) is 1. The van der Waals surface area contributed by atoms with Gasteiger partial charge >= 0.3 is 0 Å². The van der Waals surface area contributed by atoms with Gasteiger partial charge in [-0.1, -0.05) is 43.9 Å². The summed E-state index contributed by atoms with van der Waals surface area (Å²) < 4.78 is 20.3. The number of rotatable bonds is 3. The molecule has 0 radical (unpaired) electrons. The van der Waals surface area contributed by atoms with Crippen LogP contribution in [0.2, 0.25) is 5.28 Å². The van der Waals surface area contributed by atoms with Crippen molar-refractivity contribution >= 4 is 34.3 Å². The molecule has 4 aliphatic rings. The predicted octanol–water partition coefficient (Wildman–Crippen LogP) is 4.63. The number of hydrogen-bond acceptors (Lipinski definition) is 8. The third-order valence-electron chi connectivity index (χ3n) is 8.50. The number of ether oxygens (including phenoxy) is 3. The monoisotopic (exact) mass is 525 g/mol. The third-order valence-corrected chi connectivity index (χ3v) is 8.67. The van der Waals surface area contributed by atoms with Crippen LogP contribution >= 0.6 is 11.6 Å². The molecule has 2 saturated heterocycles. The van der Waals surface area contributed by atoms with E-state index in [9.17, 15) is 5.11 Å². The normalized spacial score (nSPS) is 30.1. The van der Waals surface area contributed by atoms with E-state index >= 15 is 0 Å². The van der Waals surface area contributed by atoms with Gasteiger partial charge in [-0.05, 0) is 49.9 Å². The zero-order valence-corrected chi connectivity index (χ0v) is 21.9. The molecular formula is C27H32ClN5O4. The largest absolute Gasteiger partial charge is 0.394 e. The average molecular weight is 526 g/mol. The molecule has 1 aliphatic carbocycles. The van der Waals surface area contributed by atoms with E-state index in [1.54, 1.807) is 6.33 Å². The van der Waals surface area contributed by atoms with Gasteiger partial charge in [0, 0.05) is 17.6 Å². The van der Waals surface area contributed by atoms with Crippen molar-refractivity contribution in [3.8, 4) is 0 Å². The van der Waals surface area contributed by atoms with Crippen molar-refractivity contribution < 1.29 is 19.3 Å². The number of halogens is 1. The van der Waals surface area contributed by atoms with E-state index in [0.29, 0.717) is 17.0 Å². The summed E-state index contributed by atoms with van der Waals surface area (Å²) in [6, 6.07) is 8.68. The number of aliphatic hydroxyl groups is 1. The molecule has 1 N–H and O–H groups in total. The van der Waals surface area contributed by atoms with E-state index in [2.05, 4.69) is 34.1 Å². The molecule has 2 aromatic heterocycles. The summed E-state index contributed by atoms with van der Waals surface area (Å²) >= 11 is 6.55. The van der Waals surface area contributed by atoms with Crippen LogP contribution in [0.1, 0.15) is 64.2 Å². The lowest BCUT2D eigenvalue weighted by atomic mass is 9.76. The van der Waals surface area contributed by atoms with E-state index in [1.165, 1.54) is 49.8 Å². The fourth-order valence-electron chi connectivity index (χ4n) is 6.93. The Morgan fingerprint density at radius 2 is 1.81 bits per heavy atom. The van der Waals surface area contributed by atoms with Gasteiger partial charge in [-0.2, -0.15) is 9.97 Å². The minimum absolute atomic E-state index is 0.107. The summed E-state index contributed by atoms with van der Waals surface area (Å²) in [4.78, 5) is 16.3. The first-order valence-electron chi connectivity index (χ1n) is 13.3. The minimum Gasteiger partial charge on any atom is -0.394 e. The van der Waals surface area contributed by atoms with Gasteiger partial charge in [0.2, 0.25) is 5.28 Å². The van der Waals surface area contributed by atoms with Crippen LogP contribution in [0.5, 0.6) is 0 Å². The highest BCUT2D eigenvalue weighted by Gasteiger charge is 2.56. The van der Waals surface area contributed by atoms with E-state index in [4.69, 9.17) is 35.8 Å². The topological polar surface area (TPSA) is 94.8 Å². The summed E-state index contributed by atoms with van der Waals surface area (Å²) in [5.74, 6) is -0.0647. The lowest BCUT2D eigenvalue weighted by Gasteiger charge is -2.29. The number of aliphatic hydroxyl groups excluding tert-OH is 1. The second kappa shape index (κ2) is 8.61. The number of imidazole rings is 1. The lowest BCUT2D eigenvalue weighted by Crippen LogP contribution is -2.31. The van der Waals surface area contributed by atoms with Gasteiger partial charge in [-0.3, -0.25) is 4.57 Å². The molecule has 3 fully saturated rings. The molecule has 37 heavy (non-hydrogen) atoms. The lowest BCUT2D eigenvalue weighted by molar-refractivity contribution is -0.199. The average Bonchev–Trinajstić information content (AvgIpc) is 3.55. The van der Waals surface area contributed by atoms with Crippen LogP contribution < -0.4 is 4.90 Å². The van der Waals surface area contributed by atoms with E-state index in [0.717, 1.165) is 6.54 Å². The van der Waals surface area contributed by atoms with Crippen molar-refractivity contribution in [2.24, 2.45) is 0 Å². The number of benzene rings is 1. The predicted molar refractivity (Wildman–Crippen MR) is 138 cm³/mol. The summed E-state index contributed by atoms with van der Waals surface area (Å²) in [6.07, 6.45) is 7.24. The number of para-hydroxylation sites is 1. The number of aromatic nitrogens is 4. The summed E-state index contributed by atoms with van der Waals surface area (Å²) in [5, 5.41) is 10.1. The maximum atomic E-state index is 9.94. The Morgan fingerprint density at radius 1 is 1.05 bits per heavy atom. The van der Waals surface area contributed by atoms with Crippen molar-refractivity contribution in [2.75, 3.05) is 18.1 Å². The minimum atomic E-state index is -0.773. The van der Waals surface area contributed by atoms with Gasteiger partial charge in [0.05, 0.1) is 12.9 Å². The molecule has 196 valence electrons. The Hall–Kier alpha value is -2.30. The Bertz CT molecular complexity index is 1340. The van der Waals surface area contributed by atoms with Gasteiger partial charge in [0.25, 0.3) is 0 Å². The highest BCUT2D eigenvalue weighted by molar-refractivity contribution is 6.28. The molecule has 2 unspecified atom stereocenters. The van der Waals surface area contributed by atoms with E-state index in [-0.39, 0.29) is 23.4 Å². The number of anilines is 2. The molecule has 0 bridgehead atoms. The van der Waals surface area contributed by atoms with Gasteiger partial charge in [-0.15, -0.1) is 0 Å². The van der Waals surface area contributed by atoms with Crippen LogP contribution in [0, 0.1) is 0 Å². The second-order valence-electron chi connectivity index (χ2n) is 11.3. The molecule has 1 aromatic carbocycles. The Kier molecular flexibility index (Phi) is 5.53. The highest BCUT2D eigenvalue weighted by atomic mass is 35.5. The molecule has 3 aliphatic heterocycles. The maximum absolute atomic E-state index is 9.94. The van der Waals surface area contributed by atoms with Crippen molar-refractivity contribution in [1.82, 2.24) is 19.5 Å². The second-order valence-corrected chi connectivity index (χ2v) is 11.6. The van der Waals surface area contributed by atoms with Gasteiger partial charge in [0.15, 0.2) is 29.0 Å². The summed E-state index contributed by atoms with van der Waals surface area (Å²) in [5.41, 5.74) is 3.91. The first-order chi connectivity index (χ1) is 17.9. The highest BCUT2D eigenvalue weighted by Crippen LogP contribution is 2.51. The third kappa shape index (κ3) is 3.70. The van der Waals surface area contributed by atoms with Crippen molar-refractivity contribution in [2.45, 2.75) is 88.1 Å². The molecule has 0 amide bonds. The van der Waals surface area contributed by atoms with Crippen LogP contribution in [0.15, 0.2) is 30.6 Å². The first-order valence-corrected chi connectivity index (χ1v) is 13.7. The van der Waals surface area contributed by atoms with E-state index < -0.39 is 24.2 Å². The fourth-order valence-corrected chi connectivity index (χ4v) is 7.09. The van der Waals surface area contributed by atoms with Crippen LogP contribution in [0.25, 0.3) is 11.2 Å². The maximum Gasteiger partial charge on any atom is 0.226 e. The van der Waals surface area contributed by atoms with Gasteiger partial charge < -0.3 is 24.2 Å².